The molecule has 0 aliphatic carbocycles. The lowest BCUT2D eigenvalue weighted by molar-refractivity contribution is 0.508. The molecule has 0 spiro atoms. The second kappa shape index (κ2) is 3.90. The van der Waals surface area contributed by atoms with Crippen molar-refractivity contribution in [1.82, 2.24) is 5.32 Å². The van der Waals surface area contributed by atoms with Crippen LogP contribution in [-0.4, -0.2) is 26.5 Å². The van der Waals surface area contributed by atoms with E-state index in [9.17, 15) is 12.8 Å². The molecule has 82 valence electrons. The normalized spacial score (nSPS) is 25.0. The van der Waals surface area contributed by atoms with Crippen molar-refractivity contribution >= 4 is 9.84 Å². The van der Waals surface area contributed by atoms with Gasteiger partial charge in [-0.1, -0.05) is 18.2 Å². The summed E-state index contributed by atoms with van der Waals surface area (Å²) in [5.74, 6) is -0.238. The molecule has 1 heterocycles. The first-order valence-electron chi connectivity index (χ1n) is 4.77. The van der Waals surface area contributed by atoms with Crippen molar-refractivity contribution in [2.24, 2.45) is 0 Å². The van der Waals surface area contributed by atoms with E-state index in [2.05, 4.69) is 5.32 Å². The minimum absolute atomic E-state index is 0.0199. The monoisotopic (exact) mass is 229 g/mol. The molecular formula is C10H12FNO2S. The second-order valence-corrected chi connectivity index (χ2v) is 5.87. The van der Waals surface area contributed by atoms with E-state index in [0.29, 0.717) is 12.1 Å². The lowest BCUT2D eigenvalue weighted by Crippen LogP contribution is -2.39. The highest BCUT2D eigenvalue weighted by atomic mass is 32.2. The van der Waals surface area contributed by atoms with E-state index in [1.54, 1.807) is 18.2 Å². The summed E-state index contributed by atoms with van der Waals surface area (Å²) in [6.07, 6.45) is 0. The smallest absolute Gasteiger partial charge is 0.153 e. The zero-order valence-corrected chi connectivity index (χ0v) is 8.93. The number of rotatable bonds is 1. The van der Waals surface area contributed by atoms with Gasteiger partial charge < -0.3 is 5.32 Å². The fraction of sp³-hybridized carbons (Fsp3) is 0.400. The molecule has 1 fully saturated rings. The van der Waals surface area contributed by atoms with Gasteiger partial charge in [0.15, 0.2) is 9.84 Å². The zero-order valence-electron chi connectivity index (χ0n) is 8.11. The molecule has 1 aliphatic rings. The van der Waals surface area contributed by atoms with Gasteiger partial charge in [-0.25, -0.2) is 12.8 Å². The van der Waals surface area contributed by atoms with Gasteiger partial charge in [0.05, 0.1) is 11.5 Å². The fourth-order valence-electron chi connectivity index (χ4n) is 1.74. The second-order valence-electron chi connectivity index (χ2n) is 3.64. The van der Waals surface area contributed by atoms with Crippen molar-refractivity contribution in [2.45, 2.75) is 6.04 Å². The van der Waals surface area contributed by atoms with Gasteiger partial charge in [0.1, 0.15) is 5.82 Å². The Morgan fingerprint density at radius 1 is 1.33 bits per heavy atom. The van der Waals surface area contributed by atoms with Gasteiger partial charge in [0.2, 0.25) is 0 Å². The van der Waals surface area contributed by atoms with Crippen LogP contribution >= 0.6 is 0 Å². The standard InChI is InChI=1S/C10H12FNO2S/c11-9-4-2-1-3-8(9)10-7-15(13,14)6-5-12-10/h1-4,10,12H,5-7H2. The Kier molecular flexibility index (Phi) is 2.75. The van der Waals surface area contributed by atoms with Crippen molar-refractivity contribution in [3.05, 3.63) is 35.6 Å². The molecule has 2 rings (SSSR count). The highest BCUT2D eigenvalue weighted by Crippen LogP contribution is 2.20. The van der Waals surface area contributed by atoms with Gasteiger partial charge in [-0.3, -0.25) is 0 Å². The number of hydrogen-bond donors (Lipinski definition) is 1. The topological polar surface area (TPSA) is 46.2 Å². The lowest BCUT2D eigenvalue weighted by Gasteiger charge is -2.24. The molecule has 1 aromatic carbocycles. The van der Waals surface area contributed by atoms with Gasteiger partial charge in [-0.05, 0) is 6.07 Å². The van der Waals surface area contributed by atoms with Crippen LogP contribution in [0.25, 0.3) is 0 Å². The third kappa shape index (κ3) is 2.35. The highest BCUT2D eigenvalue weighted by molar-refractivity contribution is 7.91. The number of halogens is 1. The first kappa shape index (κ1) is 10.6. The first-order chi connectivity index (χ1) is 7.08. The molecule has 1 aliphatic heterocycles. The van der Waals surface area contributed by atoms with Gasteiger partial charge in [-0.15, -0.1) is 0 Å². The Morgan fingerprint density at radius 3 is 2.73 bits per heavy atom. The van der Waals surface area contributed by atoms with Crippen LogP contribution in [0.4, 0.5) is 4.39 Å². The summed E-state index contributed by atoms with van der Waals surface area (Å²) < 4.78 is 36.2. The fourth-order valence-corrected chi connectivity index (χ4v) is 3.14. The average molecular weight is 229 g/mol. The van der Waals surface area contributed by atoms with Crippen LogP contribution in [0.3, 0.4) is 0 Å². The van der Waals surface area contributed by atoms with Gasteiger partial charge in [0, 0.05) is 18.2 Å². The molecule has 1 atom stereocenters. The van der Waals surface area contributed by atoms with Crippen LogP contribution in [0.15, 0.2) is 24.3 Å². The molecule has 1 aromatic rings. The molecule has 0 radical (unpaired) electrons. The average Bonchev–Trinajstić information content (AvgIpc) is 2.17. The summed E-state index contributed by atoms with van der Waals surface area (Å²) in [6, 6.07) is 5.86. The van der Waals surface area contributed by atoms with Crippen molar-refractivity contribution in [3.8, 4) is 0 Å². The van der Waals surface area contributed by atoms with E-state index in [1.165, 1.54) is 6.07 Å². The van der Waals surface area contributed by atoms with E-state index >= 15 is 0 Å². The van der Waals surface area contributed by atoms with Crippen molar-refractivity contribution in [2.75, 3.05) is 18.1 Å². The lowest BCUT2D eigenvalue weighted by atomic mass is 10.1. The Labute approximate surface area is 88.2 Å². The minimum Gasteiger partial charge on any atom is -0.308 e. The number of nitrogens with one attached hydrogen (secondary N) is 1. The molecule has 1 unspecified atom stereocenters. The molecule has 0 saturated carbocycles. The van der Waals surface area contributed by atoms with Gasteiger partial charge >= 0.3 is 0 Å². The Balaban J connectivity index is 2.29. The maximum absolute atomic E-state index is 13.4. The molecule has 15 heavy (non-hydrogen) atoms. The number of benzene rings is 1. The summed E-state index contributed by atoms with van der Waals surface area (Å²) in [7, 11) is -3.03. The molecule has 5 heteroatoms. The summed E-state index contributed by atoms with van der Waals surface area (Å²) >= 11 is 0. The van der Waals surface area contributed by atoms with E-state index in [4.69, 9.17) is 0 Å². The maximum atomic E-state index is 13.4. The van der Waals surface area contributed by atoms with Crippen LogP contribution in [0.1, 0.15) is 11.6 Å². The molecule has 0 bridgehead atoms. The van der Waals surface area contributed by atoms with Crippen molar-refractivity contribution < 1.29 is 12.8 Å². The molecule has 1 N–H and O–H groups in total. The van der Waals surface area contributed by atoms with Crippen LogP contribution in [0, 0.1) is 5.82 Å². The zero-order chi connectivity index (χ0) is 10.9. The van der Waals surface area contributed by atoms with E-state index < -0.39 is 15.9 Å². The summed E-state index contributed by atoms with van der Waals surface area (Å²) in [5.41, 5.74) is 0.431. The largest absolute Gasteiger partial charge is 0.308 e. The molecule has 0 aromatic heterocycles. The third-order valence-electron chi connectivity index (χ3n) is 2.51. The van der Waals surface area contributed by atoms with Crippen molar-refractivity contribution in [1.29, 1.82) is 0 Å². The van der Waals surface area contributed by atoms with E-state index in [0.717, 1.165) is 0 Å². The van der Waals surface area contributed by atoms with Gasteiger partial charge in [0.25, 0.3) is 0 Å². The Morgan fingerprint density at radius 2 is 2.07 bits per heavy atom. The first-order valence-corrected chi connectivity index (χ1v) is 6.59. The summed E-state index contributed by atoms with van der Waals surface area (Å²) in [5, 5.41) is 3.01. The molecular weight excluding hydrogens is 217 g/mol. The number of hydrogen-bond acceptors (Lipinski definition) is 3. The third-order valence-corrected chi connectivity index (χ3v) is 4.17. The minimum atomic E-state index is -3.03. The van der Waals surface area contributed by atoms with E-state index in [1.807, 2.05) is 0 Å². The van der Waals surface area contributed by atoms with Crippen LogP contribution in [-0.2, 0) is 9.84 Å². The predicted octanol–water partition coefficient (Wildman–Crippen LogP) is 0.885. The van der Waals surface area contributed by atoms with E-state index in [-0.39, 0.29) is 17.3 Å². The van der Waals surface area contributed by atoms with Crippen LogP contribution in [0.2, 0.25) is 0 Å². The molecule has 0 amide bonds. The summed E-state index contributed by atoms with van der Waals surface area (Å²) in [6.45, 7) is 0.390. The van der Waals surface area contributed by atoms with Crippen molar-refractivity contribution in [3.63, 3.8) is 0 Å². The molecule has 1 saturated heterocycles. The Hall–Kier alpha value is -0.940. The molecule has 3 nitrogen and oxygen atoms in total. The summed E-state index contributed by atoms with van der Waals surface area (Å²) in [4.78, 5) is 0. The van der Waals surface area contributed by atoms with Crippen LogP contribution in [0.5, 0.6) is 0 Å². The highest BCUT2D eigenvalue weighted by Gasteiger charge is 2.26. The SMILES string of the molecule is O=S1(=O)CCNC(c2ccccc2F)C1. The maximum Gasteiger partial charge on any atom is 0.153 e. The Bertz CT molecular complexity index is 458. The predicted molar refractivity (Wildman–Crippen MR) is 55.8 cm³/mol. The van der Waals surface area contributed by atoms with Crippen LogP contribution < -0.4 is 5.32 Å². The number of sulfone groups is 1. The quantitative estimate of drug-likeness (QED) is 0.777. The van der Waals surface area contributed by atoms with Gasteiger partial charge in [-0.2, -0.15) is 0 Å².